The minimum Gasteiger partial charge on any atom is -0.497 e. The average Bonchev–Trinajstić information content (AvgIpc) is 1.64. The standard InChI is InChI=1S/C21H24F3N3O.C21H26FN3O.C21H27N3O.C19H20F3N3O/c1-14(26-10-4-3-5-11-26)13-27-18-12-15(28-2)6-7-16(18)17-8-9-25-20(19(17)27)21(22,23)24;1-14(24-9-5-4-6-10-24)13-25-19-11-16(26-3)7-8-17(19)18-12-20(22)23-15(2)21(18)25;1-15(23-11-5-4-6-12-23)14-24-20-13-17(25-3)7-8-18(20)19-9-10-22-16(2)21(19)24;20-19(21,22)18-17-15(6-7-23-18)14-5-4-13(26)12-16(14)25(17)11-10-24-8-2-1-3-9-24/h6-9,12,14H,3-5,10-11,13H2,1-2H3;7-8,11-12,14H,4-6,9-10,13H2,1-3H3;7-10,13,15H,4-6,11-12,14H2,1-3H3;4-7,12,23H,1-3,8-11H2. The van der Waals surface area contributed by atoms with Crippen molar-refractivity contribution in [2.45, 2.75) is 168 Å². The summed E-state index contributed by atoms with van der Waals surface area (Å²) in [7, 11) is 4.97. The molecule has 0 radical (unpaired) electrons. The first-order valence-corrected chi connectivity index (χ1v) is 37.3. The van der Waals surface area contributed by atoms with Gasteiger partial charge in [0.05, 0.1) is 76.9 Å². The lowest BCUT2D eigenvalue weighted by Crippen LogP contribution is -2.39. The van der Waals surface area contributed by atoms with E-state index in [4.69, 9.17) is 14.2 Å². The summed E-state index contributed by atoms with van der Waals surface area (Å²) in [6.07, 6.45) is 10.3. The van der Waals surface area contributed by atoms with Crippen LogP contribution in [0, 0.1) is 19.8 Å². The van der Waals surface area contributed by atoms with Crippen molar-refractivity contribution in [2.75, 3.05) is 80.2 Å². The minimum atomic E-state index is -4.51. The van der Waals surface area contributed by atoms with Crippen LogP contribution in [0.2, 0.25) is 0 Å². The number of piperidine rings is 4. The summed E-state index contributed by atoms with van der Waals surface area (Å²) >= 11 is 0. The second kappa shape index (κ2) is 32.1. The molecule has 4 fully saturated rings. The Labute approximate surface area is 607 Å². The van der Waals surface area contributed by atoms with E-state index >= 15 is 0 Å². The molecule has 105 heavy (non-hydrogen) atoms. The molecule has 16 rings (SSSR count). The summed E-state index contributed by atoms with van der Waals surface area (Å²) in [5, 5.41) is 7.11. The summed E-state index contributed by atoms with van der Waals surface area (Å²) in [4.78, 5) is 36.4. The number of nitrogens with zero attached hydrogens (tertiary/aromatic N) is 11. The molecule has 0 amide bonds. The Hall–Kier alpha value is -8.77. The van der Waals surface area contributed by atoms with Crippen LogP contribution < -0.4 is 19.6 Å². The van der Waals surface area contributed by atoms with Gasteiger partial charge in [-0.2, -0.15) is 30.7 Å². The zero-order chi connectivity index (χ0) is 73.8. The molecule has 1 N–H and O–H groups in total. The van der Waals surface area contributed by atoms with E-state index < -0.39 is 29.7 Å². The first-order valence-electron chi connectivity index (χ1n) is 37.3. The molecular weight excluding hydrogens is 1350 g/mol. The lowest BCUT2D eigenvalue weighted by Gasteiger charge is -2.33. The van der Waals surface area contributed by atoms with Gasteiger partial charge in [0, 0.05) is 143 Å². The zero-order valence-corrected chi connectivity index (χ0v) is 61.6. The highest BCUT2D eigenvalue weighted by Crippen LogP contribution is 2.42. The number of aryl methyl sites for hydroxylation is 2. The van der Waals surface area contributed by atoms with E-state index in [1.165, 1.54) is 111 Å². The number of alkyl halides is 6. The Bertz CT molecular complexity index is 5090. The lowest BCUT2D eigenvalue weighted by molar-refractivity contribution is -0.140. The first-order chi connectivity index (χ1) is 50.6. The molecule has 3 unspecified atom stereocenters. The van der Waals surface area contributed by atoms with Crippen molar-refractivity contribution in [3.63, 3.8) is 0 Å². The Kier molecular flexibility index (Phi) is 22.8. The summed E-state index contributed by atoms with van der Waals surface area (Å²) in [6, 6.07) is 30.4. The van der Waals surface area contributed by atoms with E-state index in [1.54, 1.807) is 60.8 Å². The molecule has 12 aromatic rings. The number of H-pyrrole nitrogens is 1. The third-order valence-corrected chi connectivity index (χ3v) is 22.1. The van der Waals surface area contributed by atoms with E-state index in [0.29, 0.717) is 59.1 Å². The van der Waals surface area contributed by atoms with Gasteiger partial charge in [-0.15, -0.1) is 0 Å². The smallest absolute Gasteiger partial charge is 0.435 e. The Balaban J connectivity index is 0.000000124. The van der Waals surface area contributed by atoms with Crippen LogP contribution in [0.1, 0.15) is 121 Å². The molecule has 16 nitrogen and oxygen atoms in total. The van der Waals surface area contributed by atoms with Crippen LogP contribution in [-0.2, 0) is 38.5 Å². The summed E-state index contributed by atoms with van der Waals surface area (Å²) < 4.78 is 120. The number of hydrogen-bond donors (Lipinski definition) is 1. The summed E-state index contributed by atoms with van der Waals surface area (Å²) in [6.45, 7) is 22.9. The van der Waals surface area contributed by atoms with Gasteiger partial charge < -0.3 is 42.4 Å². The molecule has 0 spiro atoms. The number of hydrogen-bond acceptors (Lipinski definition) is 11. The molecule has 558 valence electrons. The van der Waals surface area contributed by atoms with Gasteiger partial charge in [-0.25, -0.2) is 9.97 Å². The monoisotopic (exact) mass is 1450 g/mol. The van der Waals surface area contributed by atoms with Crippen LogP contribution in [0.25, 0.3) is 87.2 Å². The Morgan fingerprint density at radius 3 is 1.30 bits per heavy atom. The molecule has 8 aromatic heterocycles. The van der Waals surface area contributed by atoms with Crippen LogP contribution in [0.4, 0.5) is 30.7 Å². The zero-order valence-electron chi connectivity index (χ0n) is 61.6. The second-order valence-electron chi connectivity index (χ2n) is 28.9. The van der Waals surface area contributed by atoms with Gasteiger partial charge in [-0.1, -0.05) is 25.7 Å². The van der Waals surface area contributed by atoms with Gasteiger partial charge in [0.25, 0.3) is 0 Å². The molecule has 3 atom stereocenters. The van der Waals surface area contributed by atoms with E-state index in [2.05, 4.69) is 107 Å². The quantitative estimate of drug-likeness (QED) is 0.0777. The van der Waals surface area contributed by atoms with Gasteiger partial charge in [-0.3, -0.25) is 24.5 Å². The topological polar surface area (TPSA) is 132 Å². The second-order valence-corrected chi connectivity index (χ2v) is 28.9. The number of aromatic amines is 1. The average molecular weight is 1450 g/mol. The van der Waals surface area contributed by atoms with Crippen LogP contribution in [0.3, 0.4) is 0 Å². The van der Waals surface area contributed by atoms with E-state index in [9.17, 15) is 35.5 Å². The number of rotatable bonds is 15. The predicted molar refractivity (Wildman–Crippen MR) is 406 cm³/mol. The largest absolute Gasteiger partial charge is 0.497 e. The number of nitrogens with one attached hydrogen (secondary N) is 1. The number of likely N-dealkylation sites (tertiary alicyclic amines) is 4. The van der Waals surface area contributed by atoms with Crippen molar-refractivity contribution in [2.24, 2.45) is 0 Å². The number of methoxy groups -OCH3 is 3. The van der Waals surface area contributed by atoms with Crippen LogP contribution in [-0.4, -0.2) is 156 Å². The molecule has 4 aliphatic heterocycles. The summed E-state index contributed by atoms with van der Waals surface area (Å²) in [5.41, 5.74) is 6.24. The maximum absolute atomic E-state index is 14.0. The van der Waals surface area contributed by atoms with Crippen molar-refractivity contribution < 1.29 is 44.9 Å². The number of benzene rings is 4. The fraction of sp³-hybridized carbons (Fsp3) is 0.463. The molecule has 0 aliphatic carbocycles. The van der Waals surface area contributed by atoms with Crippen LogP contribution in [0.5, 0.6) is 17.2 Å². The maximum Gasteiger partial charge on any atom is 0.435 e. The number of pyridine rings is 4. The van der Waals surface area contributed by atoms with Crippen LogP contribution >= 0.6 is 0 Å². The molecule has 12 heterocycles. The highest BCUT2D eigenvalue weighted by atomic mass is 19.4. The van der Waals surface area contributed by atoms with E-state index in [-0.39, 0.29) is 22.5 Å². The van der Waals surface area contributed by atoms with Gasteiger partial charge in [0.1, 0.15) is 22.9 Å². The van der Waals surface area contributed by atoms with Crippen molar-refractivity contribution in [3.05, 3.63) is 155 Å². The third kappa shape index (κ3) is 15.9. The number of halogens is 7. The normalized spacial score (nSPS) is 17.1. The molecule has 4 aromatic carbocycles. The molecule has 0 bridgehead atoms. The number of ether oxygens (including phenoxy) is 3. The van der Waals surface area contributed by atoms with Crippen molar-refractivity contribution >= 4 is 87.2 Å². The predicted octanol–water partition coefficient (Wildman–Crippen LogP) is 18.0. The Morgan fingerprint density at radius 1 is 0.429 bits per heavy atom. The lowest BCUT2D eigenvalue weighted by atomic mass is 10.1. The molecular formula is C82H97F7N12O4. The molecule has 4 saturated heterocycles. The molecule has 0 saturated carbocycles. The number of aromatic nitrogens is 8. The molecule has 4 aliphatic rings. The summed E-state index contributed by atoms with van der Waals surface area (Å²) in [5.74, 6) is 1.93. The van der Waals surface area contributed by atoms with Gasteiger partial charge in [-0.05, 0) is 205 Å². The maximum atomic E-state index is 14.0. The van der Waals surface area contributed by atoms with E-state index in [1.807, 2.05) is 37.4 Å². The Morgan fingerprint density at radius 2 is 0.838 bits per heavy atom. The highest BCUT2D eigenvalue weighted by molar-refractivity contribution is 6.12. The van der Waals surface area contributed by atoms with Gasteiger partial charge in [0.15, 0.2) is 11.1 Å². The van der Waals surface area contributed by atoms with Crippen molar-refractivity contribution in [1.82, 2.24) is 57.8 Å². The fourth-order valence-corrected chi connectivity index (χ4v) is 16.8. The minimum absolute atomic E-state index is 0.123. The van der Waals surface area contributed by atoms with Gasteiger partial charge >= 0.3 is 12.4 Å². The highest BCUT2D eigenvalue weighted by Gasteiger charge is 2.38. The first kappa shape index (κ1) is 74.5. The number of fused-ring (bicyclic) bond motifs is 12. The van der Waals surface area contributed by atoms with Gasteiger partial charge in [0.2, 0.25) is 5.95 Å². The third-order valence-electron chi connectivity index (χ3n) is 22.1. The SMILES string of the molecule is COc1ccc2c3cc(F)nc(C)c3n(CC(C)N3CCCCC3)c2c1.COc1ccc2c3ccnc(C(F)(F)F)c3n(CC(C)N3CCCCC3)c2c1.COc1ccc2c3ccnc(C)c3n(CC(C)N3CCCCC3)c2c1.O=c1ccc2c3cc[nH]c(C(F)(F)F)c3n(CCN3CCCCC3)c2c1. The fourth-order valence-electron chi connectivity index (χ4n) is 16.8. The van der Waals surface area contributed by atoms with Crippen LogP contribution in [0.15, 0.2) is 120 Å². The van der Waals surface area contributed by atoms with Crippen molar-refractivity contribution in [1.29, 1.82) is 0 Å². The van der Waals surface area contributed by atoms with E-state index in [0.717, 1.165) is 134 Å². The molecule has 23 heteroatoms. The van der Waals surface area contributed by atoms with Crippen molar-refractivity contribution in [3.8, 4) is 17.2 Å².